The minimum absolute atomic E-state index is 0.664. The second kappa shape index (κ2) is 7.82. The highest BCUT2D eigenvalue weighted by Crippen LogP contribution is 2.41. The van der Waals surface area contributed by atoms with Crippen LogP contribution in [-0.2, 0) is 7.05 Å². The average molecular weight is 453 g/mol. The Morgan fingerprint density at radius 3 is 2.37 bits per heavy atom. The van der Waals surface area contributed by atoms with E-state index in [0.717, 1.165) is 16.5 Å². The Balaban J connectivity index is 1.87. The molecule has 0 bridgehead atoms. The van der Waals surface area contributed by atoms with E-state index in [0.29, 0.717) is 5.69 Å². The van der Waals surface area contributed by atoms with E-state index in [1.54, 1.807) is 0 Å². The molecule has 0 aliphatic heterocycles. The van der Waals surface area contributed by atoms with Crippen LogP contribution in [0.4, 0.5) is 5.69 Å². The van der Waals surface area contributed by atoms with Gasteiger partial charge in [0.05, 0.1) is 28.6 Å². The Hall–Kier alpha value is -4.42. The van der Waals surface area contributed by atoms with Crippen LogP contribution in [0, 0.1) is 27.3 Å². The fraction of sp³-hybridized carbons (Fsp3) is 0.125. The topological polar surface area (TPSA) is 13.2 Å². The highest BCUT2D eigenvalue weighted by molar-refractivity contribution is 6.21. The first kappa shape index (κ1) is 21.1. The van der Waals surface area contributed by atoms with Crippen molar-refractivity contribution in [2.45, 2.75) is 20.8 Å². The van der Waals surface area contributed by atoms with Gasteiger partial charge in [0.25, 0.3) is 0 Å². The highest BCUT2D eigenvalue weighted by Gasteiger charge is 2.25. The van der Waals surface area contributed by atoms with Gasteiger partial charge in [0.1, 0.15) is 7.05 Å². The van der Waals surface area contributed by atoms with Crippen LogP contribution in [0.5, 0.6) is 0 Å². The molecular weight excluding hydrogens is 426 g/mol. The third-order valence-corrected chi connectivity index (χ3v) is 7.22. The lowest BCUT2D eigenvalue weighted by atomic mass is 9.94. The second-order valence-electron chi connectivity index (χ2n) is 9.44. The van der Waals surface area contributed by atoms with Crippen molar-refractivity contribution in [3.63, 3.8) is 0 Å². The predicted molar refractivity (Wildman–Crippen MR) is 145 cm³/mol. The largest absolute Gasteiger partial charge is 0.308 e. The number of nitrogens with zero attached hydrogens (tertiary/aromatic N) is 3. The smallest absolute Gasteiger partial charge is 0.222 e. The summed E-state index contributed by atoms with van der Waals surface area (Å²) >= 11 is 0. The van der Waals surface area contributed by atoms with E-state index in [1.165, 1.54) is 49.8 Å². The van der Waals surface area contributed by atoms with E-state index in [4.69, 9.17) is 6.57 Å². The molecule has 0 atom stereocenters. The molecule has 0 radical (unpaired) electrons. The summed E-state index contributed by atoms with van der Waals surface area (Å²) < 4.78 is 4.64. The van der Waals surface area contributed by atoms with Gasteiger partial charge in [-0.25, -0.2) is 9.41 Å². The van der Waals surface area contributed by atoms with Crippen molar-refractivity contribution >= 4 is 38.3 Å². The van der Waals surface area contributed by atoms with Crippen LogP contribution in [0.3, 0.4) is 0 Å². The van der Waals surface area contributed by atoms with Gasteiger partial charge in [-0.1, -0.05) is 54.1 Å². The van der Waals surface area contributed by atoms with E-state index < -0.39 is 0 Å². The van der Waals surface area contributed by atoms with Gasteiger partial charge in [0.15, 0.2) is 11.9 Å². The van der Waals surface area contributed by atoms with Crippen molar-refractivity contribution in [2.24, 2.45) is 7.05 Å². The third-order valence-electron chi connectivity index (χ3n) is 7.22. The molecule has 6 rings (SSSR count). The molecule has 0 amide bonds. The highest BCUT2D eigenvalue weighted by atomic mass is 15.0. The normalized spacial score (nSPS) is 11.4. The minimum atomic E-state index is 0.664. The zero-order chi connectivity index (χ0) is 24.3. The van der Waals surface area contributed by atoms with Crippen molar-refractivity contribution < 1.29 is 4.57 Å². The number of hydrogen-bond donors (Lipinski definition) is 0. The van der Waals surface area contributed by atoms with Gasteiger partial charge < -0.3 is 4.57 Å². The van der Waals surface area contributed by atoms with Crippen LogP contribution in [-0.4, -0.2) is 4.57 Å². The first-order chi connectivity index (χ1) is 17.0. The van der Waals surface area contributed by atoms with Crippen LogP contribution in [0.25, 0.3) is 54.4 Å². The van der Waals surface area contributed by atoms with Crippen LogP contribution in [0.1, 0.15) is 16.7 Å². The summed E-state index contributed by atoms with van der Waals surface area (Å²) in [5.74, 6) is 0. The molecule has 3 nitrogen and oxygen atoms in total. The maximum Gasteiger partial charge on any atom is 0.222 e. The number of fused-ring (bicyclic) bond motifs is 5. The maximum absolute atomic E-state index is 7.47. The number of benzene rings is 4. The summed E-state index contributed by atoms with van der Waals surface area (Å²) in [7, 11) is 2.14. The zero-order valence-electron chi connectivity index (χ0n) is 20.4. The van der Waals surface area contributed by atoms with Crippen molar-refractivity contribution in [1.29, 1.82) is 0 Å². The van der Waals surface area contributed by atoms with Gasteiger partial charge in [0, 0.05) is 22.5 Å². The molecule has 0 aliphatic carbocycles. The van der Waals surface area contributed by atoms with E-state index in [9.17, 15) is 0 Å². The fourth-order valence-electron chi connectivity index (χ4n) is 5.48. The summed E-state index contributed by atoms with van der Waals surface area (Å²) in [6, 6.07) is 27.8. The molecule has 4 aromatic carbocycles. The Kier molecular flexibility index (Phi) is 4.72. The maximum atomic E-state index is 7.47. The summed E-state index contributed by atoms with van der Waals surface area (Å²) in [5.41, 5.74) is 10.5. The van der Waals surface area contributed by atoms with Crippen LogP contribution >= 0.6 is 0 Å². The first-order valence-corrected chi connectivity index (χ1v) is 11.9. The van der Waals surface area contributed by atoms with Crippen LogP contribution < -0.4 is 4.57 Å². The van der Waals surface area contributed by atoms with E-state index in [1.807, 2.05) is 12.1 Å². The predicted octanol–water partition coefficient (Wildman–Crippen LogP) is 7.90. The molecule has 0 fully saturated rings. The molecule has 35 heavy (non-hydrogen) atoms. The number of hydrogen-bond acceptors (Lipinski definition) is 0. The van der Waals surface area contributed by atoms with Crippen molar-refractivity contribution in [1.82, 2.24) is 4.57 Å². The van der Waals surface area contributed by atoms with Crippen molar-refractivity contribution in [3.05, 3.63) is 113 Å². The van der Waals surface area contributed by atoms with Gasteiger partial charge in [-0.3, -0.25) is 0 Å². The molecule has 0 unspecified atom stereocenters. The number of aromatic nitrogens is 2. The Bertz CT molecular complexity index is 1830. The molecule has 0 saturated carbocycles. The lowest BCUT2D eigenvalue weighted by Gasteiger charge is -2.11. The Morgan fingerprint density at radius 1 is 0.829 bits per heavy atom. The lowest BCUT2D eigenvalue weighted by Crippen LogP contribution is -2.30. The Labute approximate surface area is 205 Å². The van der Waals surface area contributed by atoms with E-state index in [-0.39, 0.29) is 0 Å². The summed E-state index contributed by atoms with van der Waals surface area (Å²) in [6.07, 6.45) is 2.17. The van der Waals surface area contributed by atoms with Gasteiger partial charge >= 0.3 is 0 Å². The third kappa shape index (κ3) is 3.15. The number of rotatable bonds is 2. The number of aryl methyl sites for hydroxylation is 3. The van der Waals surface area contributed by atoms with Gasteiger partial charge in [-0.15, -0.1) is 0 Å². The summed E-state index contributed by atoms with van der Waals surface area (Å²) in [4.78, 5) is 3.66. The van der Waals surface area contributed by atoms with Gasteiger partial charge in [-0.05, 0) is 61.5 Å². The Morgan fingerprint density at radius 2 is 1.60 bits per heavy atom. The molecule has 2 aromatic heterocycles. The molecule has 168 valence electrons. The second-order valence-corrected chi connectivity index (χ2v) is 9.44. The van der Waals surface area contributed by atoms with Crippen molar-refractivity contribution in [3.8, 4) is 16.9 Å². The SMILES string of the molecule is [C-]#[N+]c1ccc2c(ccc3c4c(-c5cc(C)cc(C)c5C)[n+](C)ccc4n(-c4ccccc4)c23)c1. The standard InChI is InChI=1S/C32H26N3/c1-20-17-21(2)22(3)28(18-20)32-30-27-13-11-23-19-24(33-4)12-14-26(23)31(27)35(25-9-7-6-8-10-25)29(30)15-16-34(32)5/h6-19H,1-3,5H3/q+1. The van der Waals surface area contributed by atoms with Crippen LogP contribution in [0.15, 0.2) is 85.1 Å². The molecular formula is C32H26N3+. The molecule has 3 heteroatoms. The molecule has 6 aromatic rings. The molecule has 0 saturated heterocycles. The lowest BCUT2D eigenvalue weighted by molar-refractivity contribution is -0.659. The van der Waals surface area contributed by atoms with Crippen molar-refractivity contribution in [2.75, 3.05) is 0 Å². The van der Waals surface area contributed by atoms with E-state index in [2.05, 4.69) is 115 Å². The van der Waals surface area contributed by atoms with Gasteiger partial charge in [0.2, 0.25) is 5.69 Å². The van der Waals surface area contributed by atoms with Gasteiger partial charge in [-0.2, -0.15) is 0 Å². The minimum Gasteiger partial charge on any atom is -0.308 e. The zero-order valence-corrected chi connectivity index (χ0v) is 20.4. The average Bonchev–Trinajstić information content (AvgIpc) is 3.21. The fourth-order valence-corrected chi connectivity index (χ4v) is 5.48. The summed E-state index contributed by atoms with van der Waals surface area (Å²) in [6.45, 7) is 14.1. The summed E-state index contributed by atoms with van der Waals surface area (Å²) in [5, 5.41) is 4.70. The molecule has 0 N–H and O–H groups in total. The molecule has 0 aliphatic rings. The quantitative estimate of drug-likeness (QED) is 0.187. The van der Waals surface area contributed by atoms with Crippen LogP contribution in [0.2, 0.25) is 0 Å². The number of para-hydroxylation sites is 1. The van der Waals surface area contributed by atoms with E-state index >= 15 is 0 Å². The first-order valence-electron chi connectivity index (χ1n) is 11.9. The molecule has 0 spiro atoms. The molecule has 2 heterocycles. The monoisotopic (exact) mass is 452 g/mol. The number of pyridine rings is 1.